The number of hydrazine groups is 2. The van der Waals surface area contributed by atoms with E-state index in [0.29, 0.717) is 6.73 Å². The summed E-state index contributed by atoms with van der Waals surface area (Å²) >= 11 is 0. The van der Waals surface area contributed by atoms with E-state index < -0.39 is 0 Å². The predicted molar refractivity (Wildman–Crippen MR) is 37.5 cm³/mol. The van der Waals surface area contributed by atoms with Gasteiger partial charge in [0.25, 0.3) is 0 Å². The smallest absolute Gasteiger partial charge is 0.110 e. The van der Waals surface area contributed by atoms with E-state index in [-0.39, 0.29) is 0 Å². The van der Waals surface area contributed by atoms with Crippen molar-refractivity contribution in [1.82, 2.24) is 15.7 Å². The molecule has 0 rings (SSSR count). The van der Waals surface area contributed by atoms with Crippen molar-refractivity contribution < 1.29 is 9.57 Å². The molecule has 62 valence electrons. The van der Waals surface area contributed by atoms with Crippen molar-refractivity contribution in [3.05, 3.63) is 0 Å². The van der Waals surface area contributed by atoms with Gasteiger partial charge >= 0.3 is 0 Å². The minimum atomic E-state index is 0.462. The summed E-state index contributed by atoms with van der Waals surface area (Å²) in [4.78, 5) is 4.85. The first-order valence-electron chi connectivity index (χ1n) is 2.96. The van der Waals surface area contributed by atoms with Crippen LogP contribution < -0.4 is 5.43 Å². The van der Waals surface area contributed by atoms with Gasteiger partial charge in [-0.2, -0.15) is 5.12 Å². The van der Waals surface area contributed by atoms with Crippen molar-refractivity contribution in [2.24, 2.45) is 0 Å². The summed E-state index contributed by atoms with van der Waals surface area (Å²) in [7, 11) is 6.81. The Morgan fingerprint density at radius 1 is 1.30 bits per heavy atom. The molecule has 5 heteroatoms. The number of hydrogen-bond acceptors (Lipinski definition) is 5. The molecule has 0 aromatic rings. The molecule has 0 radical (unpaired) electrons. The van der Waals surface area contributed by atoms with Crippen molar-refractivity contribution in [1.29, 1.82) is 0 Å². The summed E-state index contributed by atoms with van der Waals surface area (Å²) in [5.41, 5.74) is 2.90. The topological polar surface area (TPSA) is 37.0 Å². The fourth-order valence-corrected chi connectivity index (χ4v) is 0.380. The zero-order chi connectivity index (χ0) is 7.98. The van der Waals surface area contributed by atoms with Gasteiger partial charge in [-0.25, -0.2) is 5.43 Å². The standard InChI is InChI=1S/C5H15N3O2/c1-7(6-5-9-3)8(2)10-4/h6H,5H2,1-4H3. The minimum absolute atomic E-state index is 0.462. The van der Waals surface area contributed by atoms with E-state index in [1.165, 1.54) is 0 Å². The highest BCUT2D eigenvalue weighted by atomic mass is 16.7. The van der Waals surface area contributed by atoms with E-state index >= 15 is 0 Å². The maximum absolute atomic E-state index is 4.85. The molecule has 0 bridgehead atoms. The first-order chi connectivity index (χ1) is 4.72. The van der Waals surface area contributed by atoms with Gasteiger partial charge in [0.15, 0.2) is 0 Å². The van der Waals surface area contributed by atoms with Gasteiger partial charge in [0, 0.05) is 21.2 Å². The number of hydrogen-bond donors (Lipinski definition) is 1. The van der Waals surface area contributed by atoms with Crippen LogP contribution in [0.4, 0.5) is 0 Å². The lowest BCUT2D eigenvalue weighted by Crippen LogP contribution is -2.46. The van der Waals surface area contributed by atoms with Gasteiger partial charge in [-0.05, 0) is 0 Å². The lowest BCUT2D eigenvalue weighted by atomic mass is 11.2. The third-order valence-electron chi connectivity index (χ3n) is 1.12. The zero-order valence-corrected chi connectivity index (χ0v) is 6.92. The molecule has 0 atom stereocenters. The molecule has 0 heterocycles. The average Bonchev–Trinajstić information content (AvgIpc) is 1.98. The van der Waals surface area contributed by atoms with Crippen LogP contribution in [0.25, 0.3) is 0 Å². The van der Waals surface area contributed by atoms with Gasteiger partial charge in [0.1, 0.15) is 6.73 Å². The maximum atomic E-state index is 4.85. The molecule has 10 heavy (non-hydrogen) atoms. The molecule has 0 fully saturated rings. The summed E-state index contributed by atoms with van der Waals surface area (Å²) in [6.45, 7) is 0.462. The van der Waals surface area contributed by atoms with E-state index in [1.807, 2.05) is 7.05 Å². The fourth-order valence-electron chi connectivity index (χ4n) is 0.380. The lowest BCUT2D eigenvalue weighted by Gasteiger charge is -2.25. The van der Waals surface area contributed by atoms with Crippen molar-refractivity contribution in [3.8, 4) is 0 Å². The Labute approximate surface area is 61.4 Å². The highest BCUT2D eigenvalue weighted by Crippen LogP contribution is 1.83. The van der Waals surface area contributed by atoms with Gasteiger partial charge < -0.3 is 4.74 Å². The quantitative estimate of drug-likeness (QED) is 0.418. The van der Waals surface area contributed by atoms with Crippen molar-refractivity contribution in [2.45, 2.75) is 0 Å². The van der Waals surface area contributed by atoms with Crippen molar-refractivity contribution in [3.63, 3.8) is 0 Å². The van der Waals surface area contributed by atoms with E-state index in [1.54, 1.807) is 31.6 Å². The Morgan fingerprint density at radius 3 is 2.30 bits per heavy atom. The van der Waals surface area contributed by atoms with E-state index in [4.69, 9.17) is 9.57 Å². The zero-order valence-electron chi connectivity index (χ0n) is 6.92. The number of nitrogens with zero attached hydrogens (tertiary/aromatic N) is 2. The SMILES string of the molecule is COCNN(C)N(C)OC. The van der Waals surface area contributed by atoms with Gasteiger partial charge in [-0.15, -0.1) is 5.17 Å². The van der Waals surface area contributed by atoms with Gasteiger partial charge in [0.2, 0.25) is 0 Å². The summed E-state index contributed by atoms with van der Waals surface area (Å²) < 4.78 is 4.77. The summed E-state index contributed by atoms with van der Waals surface area (Å²) in [5.74, 6) is 0. The molecule has 0 saturated heterocycles. The van der Waals surface area contributed by atoms with Crippen LogP contribution in [0.3, 0.4) is 0 Å². The van der Waals surface area contributed by atoms with Crippen LogP contribution in [-0.4, -0.2) is 45.3 Å². The molecule has 0 aromatic heterocycles. The fraction of sp³-hybridized carbons (Fsp3) is 1.00. The maximum Gasteiger partial charge on any atom is 0.110 e. The molecular formula is C5H15N3O2. The predicted octanol–water partition coefficient (Wildman–Crippen LogP) is -0.565. The van der Waals surface area contributed by atoms with Crippen molar-refractivity contribution in [2.75, 3.05) is 35.0 Å². The largest absolute Gasteiger partial charge is 0.368 e. The molecule has 0 spiro atoms. The summed E-state index contributed by atoms with van der Waals surface area (Å²) in [5, 5.41) is 3.21. The highest BCUT2D eigenvalue weighted by molar-refractivity contribution is 4.22. The lowest BCUT2D eigenvalue weighted by molar-refractivity contribution is -0.265. The Balaban J connectivity index is 3.31. The first kappa shape index (κ1) is 9.80. The van der Waals surface area contributed by atoms with Gasteiger partial charge in [-0.1, -0.05) is 0 Å². The van der Waals surface area contributed by atoms with E-state index in [0.717, 1.165) is 0 Å². The molecule has 1 N–H and O–H groups in total. The minimum Gasteiger partial charge on any atom is -0.368 e. The third-order valence-corrected chi connectivity index (χ3v) is 1.12. The Hall–Kier alpha value is -0.200. The molecule has 0 aromatic carbocycles. The highest BCUT2D eigenvalue weighted by Gasteiger charge is 2.00. The second-order valence-electron chi connectivity index (χ2n) is 1.76. The Morgan fingerprint density at radius 2 is 1.90 bits per heavy atom. The molecule has 0 unspecified atom stereocenters. The monoisotopic (exact) mass is 149 g/mol. The molecule has 0 aliphatic heterocycles. The summed E-state index contributed by atoms with van der Waals surface area (Å²) in [6, 6.07) is 0. The van der Waals surface area contributed by atoms with Crippen molar-refractivity contribution >= 4 is 0 Å². The first-order valence-corrected chi connectivity index (χ1v) is 2.96. The molecule has 0 aliphatic rings. The Kier molecular flexibility index (Phi) is 5.46. The number of ether oxygens (including phenoxy) is 1. The number of nitrogens with one attached hydrogen (secondary N) is 1. The number of methoxy groups -OCH3 is 1. The second-order valence-corrected chi connectivity index (χ2v) is 1.76. The average molecular weight is 149 g/mol. The molecule has 0 saturated carbocycles. The Bertz CT molecular complexity index is 81.3. The van der Waals surface area contributed by atoms with Crippen LogP contribution in [0.2, 0.25) is 0 Å². The molecule has 0 aliphatic carbocycles. The van der Waals surface area contributed by atoms with Crippen LogP contribution in [0.5, 0.6) is 0 Å². The third kappa shape index (κ3) is 3.76. The summed E-state index contributed by atoms with van der Waals surface area (Å²) in [6.07, 6.45) is 0. The van der Waals surface area contributed by atoms with E-state index in [9.17, 15) is 0 Å². The normalized spacial score (nSPS) is 11.4. The van der Waals surface area contributed by atoms with Gasteiger partial charge in [0.05, 0.1) is 7.11 Å². The molecular weight excluding hydrogens is 134 g/mol. The second kappa shape index (κ2) is 5.57. The van der Waals surface area contributed by atoms with Crippen LogP contribution >= 0.6 is 0 Å². The number of rotatable bonds is 5. The van der Waals surface area contributed by atoms with Crippen LogP contribution in [0.1, 0.15) is 0 Å². The number of hydroxylamine groups is 1. The van der Waals surface area contributed by atoms with Crippen LogP contribution in [-0.2, 0) is 9.57 Å². The van der Waals surface area contributed by atoms with E-state index in [2.05, 4.69) is 5.43 Å². The van der Waals surface area contributed by atoms with Crippen LogP contribution in [0, 0.1) is 0 Å². The van der Waals surface area contributed by atoms with Gasteiger partial charge in [-0.3, -0.25) is 4.84 Å². The molecule has 5 nitrogen and oxygen atoms in total. The van der Waals surface area contributed by atoms with Crippen LogP contribution in [0.15, 0.2) is 0 Å². The molecule has 0 amide bonds.